The molecule has 0 aliphatic heterocycles. The number of aryl methyl sites for hydroxylation is 1. The molecule has 1 N–H and O–H groups in total. The second kappa shape index (κ2) is 6.26. The second-order valence-electron chi connectivity index (χ2n) is 4.27. The molecule has 1 aromatic carbocycles. The van der Waals surface area contributed by atoms with Gasteiger partial charge in [0.1, 0.15) is 5.82 Å². The molecule has 0 radical (unpaired) electrons. The van der Waals surface area contributed by atoms with Gasteiger partial charge >= 0.3 is 5.97 Å². The van der Waals surface area contributed by atoms with Crippen LogP contribution in [-0.2, 0) is 4.79 Å². The molecule has 0 fully saturated rings. The van der Waals surface area contributed by atoms with Crippen molar-refractivity contribution in [3.05, 3.63) is 35.1 Å². The fraction of sp³-hybridized carbons (Fsp3) is 0.385. The Labute approximate surface area is 105 Å². The minimum absolute atomic E-state index is 0.00771. The molecule has 0 spiro atoms. The Bertz CT molecular complexity index is 460. The van der Waals surface area contributed by atoms with Gasteiger partial charge in [-0.2, -0.15) is 0 Å². The van der Waals surface area contributed by atoms with Gasteiger partial charge in [0.2, 0.25) is 0 Å². The highest BCUT2D eigenvalue weighted by molar-refractivity contribution is 5.97. The summed E-state index contributed by atoms with van der Waals surface area (Å²) >= 11 is 0. The van der Waals surface area contributed by atoms with E-state index in [0.29, 0.717) is 17.7 Å². The number of ketones is 1. The highest BCUT2D eigenvalue weighted by Crippen LogP contribution is 2.10. The summed E-state index contributed by atoms with van der Waals surface area (Å²) in [5, 5.41) is 8.53. The summed E-state index contributed by atoms with van der Waals surface area (Å²) in [6.07, 6.45) is -0.00771. The molecule has 0 saturated carbocycles. The summed E-state index contributed by atoms with van der Waals surface area (Å²) in [4.78, 5) is 23.9. The first kappa shape index (κ1) is 14.3. The van der Waals surface area contributed by atoms with Gasteiger partial charge in [0, 0.05) is 12.1 Å². The normalized spacial score (nSPS) is 10.7. The molecule has 0 unspecified atom stereocenters. The molecule has 98 valence electrons. The Balaban J connectivity index is 2.59. The van der Waals surface area contributed by atoms with E-state index in [9.17, 15) is 14.0 Å². The maximum Gasteiger partial charge on any atom is 0.304 e. The summed E-state index contributed by atoms with van der Waals surface area (Å²) in [5.74, 6) is -1.39. The predicted octanol–water partition coefficient (Wildman–Crippen LogP) is 1.72. The van der Waals surface area contributed by atoms with E-state index in [-0.39, 0.29) is 24.6 Å². The summed E-state index contributed by atoms with van der Waals surface area (Å²) in [5.41, 5.74) is 0.866. The highest BCUT2D eigenvalue weighted by Gasteiger charge is 2.11. The number of carbonyl (C=O) groups excluding carboxylic acids is 1. The smallest absolute Gasteiger partial charge is 0.304 e. The molecule has 1 rings (SSSR count). The third-order valence-corrected chi connectivity index (χ3v) is 2.60. The van der Waals surface area contributed by atoms with Crippen molar-refractivity contribution in [2.75, 3.05) is 20.1 Å². The van der Waals surface area contributed by atoms with Crippen molar-refractivity contribution in [3.63, 3.8) is 0 Å². The average molecular weight is 253 g/mol. The molecule has 0 heterocycles. The van der Waals surface area contributed by atoms with Crippen LogP contribution in [0, 0.1) is 12.7 Å². The average Bonchev–Trinajstić information content (AvgIpc) is 2.30. The fourth-order valence-corrected chi connectivity index (χ4v) is 1.52. The van der Waals surface area contributed by atoms with Gasteiger partial charge in [-0.1, -0.05) is 0 Å². The van der Waals surface area contributed by atoms with Crippen molar-refractivity contribution in [1.82, 2.24) is 4.90 Å². The molecule has 5 heteroatoms. The van der Waals surface area contributed by atoms with Crippen molar-refractivity contribution in [2.45, 2.75) is 13.3 Å². The Morgan fingerprint density at radius 1 is 1.39 bits per heavy atom. The zero-order valence-electron chi connectivity index (χ0n) is 10.4. The van der Waals surface area contributed by atoms with Crippen LogP contribution in [0.3, 0.4) is 0 Å². The molecule has 0 saturated heterocycles. The van der Waals surface area contributed by atoms with Crippen LogP contribution < -0.4 is 0 Å². The van der Waals surface area contributed by atoms with Gasteiger partial charge in [-0.3, -0.25) is 14.5 Å². The molecule has 0 amide bonds. The first-order valence-corrected chi connectivity index (χ1v) is 5.60. The molecule has 0 aliphatic rings. The van der Waals surface area contributed by atoms with E-state index in [1.807, 2.05) is 0 Å². The lowest BCUT2D eigenvalue weighted by Crippen LogP contribution is -2.28. The topological polar surface area (TPSA) is 57.6 Å². The Hall–Kier alpha value is -1.75. The van der Waals surface area contributed by atoms with Crippen molar-refractivity contribution in [1.29, 1.82) is 0 Å². The Morgan fingerprint density at radius 2 is 2.06 bits per heavy atom. The summed E-state index contributed by atoms with van der Waals surface area (Å²) < 4.78 is 13.0. The van der Waals surface area contributed by atoms with Crippen LogP contribution in [0.25, 0.3) is 0 Å². The molecule has 0 bridgehead atoms. The zero-order chi connectivity index (χ0) is 13.7. The lowest BCUT2D eigenvalue weighted by molar-refractivity contribution is -0.137. The predicted molar refractivity (Wildman–Crippen MR) is 65.2 cm³/mol. The first-order valence-electron chi connectivity index (χ1n) is 5.60. The fourth-order valence-electron chi connectivity index (χ4n) is 1.52. The van der Waals surface area contributed by atoms with Gasteiger partial charge in [-0.05, 0) is 37.7 Å². The lowest BCUT2D eigenvalue weighted by atomic mass is 10.1. The number of halogens is 1. The van der Waals surface area contributed by atoms with E-state index in [2.05, 4.69) is 0 Å². The molecule has 1 aromatic rings. The van der Waals surface area contributed by atoms with Crippen molar-refractivity contribution < 1.29 is 19.1 Å². The summed E-state index contributed by atoms with van der Waals surface area (Å²) in [6.45, 7) is 2.03. The first-order chi connectivity index (χ1) is 8.40. The van der Waals surface area contributed by atoms with E-state index >= 15 is 0 Å². The van der Waals surface area contributed by atoms with Gasteiger partial charge in [0.05, 0.1) is 13.0 Å². The monoisotopic (exact) mass is 253 g/mol. The third-order valence-electron chi connectivity index (χ3n) is 2.60. The Morgan fingerprint density at radius 3 is 2.61 bits per heavy atom. The summed E-state index contributed by atoms with van der Waals surface area (Å²) in [7, 11) is 1.68. The molecular formula is C13H16FNO3. The number of carboxylic acids is 1. The van der Waals surface area contributed by atoms with Crippen LogP contribution in [0.15, 0.2) is 18.2 Å². The number of hydrogen-bond acceptors (Lipinski definition) is 3. The number of likely N-dealkylation sites (N-methyl/N-ethyl adjacent to an activating group) is 1. The van der Waals surface area contributed by atoms with Crippen LogP contribution in [0.5, 0.6) is 0 Å². The van der Waals surface area contributed by atoms with Gasteiger partial charge in [-0.25, -0.2) is 4.39 Å². The van der Waals surface area contributed by atoms with Crippen LogP contribution in [0.1, 0.15) is 22.3 Å². The Kier molecular flexibility index (Phi) is 4.97. The minimum Gasteiger partial charge on any atom is -0.481 e. The third kappa shape index (κ3) is 4.25. The van der Waals surface area contributed by atoms with Gasteiger partial charge < -0.3 is 5.11 Å². The largest absolute Gasteiger partial charge is 0.481 e. The molecule has 0 aromatic heterocycles. The number of aliphatic carboxylic acids is 1. The number of benzene rings is 1. The highest BCUT2D eigenvalue weighted by atomic mass is 19.1. The SMILES string of the molecule is Cc1cc(C(=O)CN(C)CCC(=O)O)ccc1F. The van der Waals surface area contributed by atoms with E-state index in [0.717, 1.165) is 0 Å². The van der Waals surface area contributed by atoms with E-state index < -0.39 is 5.97 Å². The van der Waals surface area contributed by atoms with Crippen LogP contribution in [0.2, 0.25) is 0 Å². The number of carbonyl (C=O) groups is 2. The standard InChI is InChI=1S/C13H16FNO3/c1-9-7-10(3-4-11(9)14)12(16)8-15(2)6-5-13(17)18/h3-4,7H,5-6,8H2,1-2H3,(H,17,18). The van der Waals surface area contributed by atoms with Crippen LogP contribution in [-0.4, -0.2) is 41.9 Å². The second-order valence-corrected chi connectivity index (χ2v) is 4.27. The molecular weight excluding hydrogens is 237 g/mol. The zero-order valence-corrected chi connectivity index (χ0v) is 10.4. The molecule has 0 atom stereocenters. The minimum atomic E-state index is -0.896. The maximum atomic E-state index is 13.0. The number of nitrogens with zero attached hydrogens (tertiary/aromatic N) is 1. The van der Waals surface area contributed by atoms with Crippen molar-refractivity contribution >= 4 is 11.8 Å². The van der Waals surface area contributed by atoms with Gasteiger partial charge in [-0.15, -0.1) is 0 Å². The van der Waals surface area contributed by atoms with Gasteiger partial charge in [0.15, 0.2) is 5.78 Å². The maximum absolute atomic E-state index is 13.0. The van der Waals surface area contributed by atoms with Crippen molar-refractivity contribution in [3.8, 4) is 0 Å². The number of rotatable bonds is 6. The summed E-state index contributed by atoms with van der Waals surface area (Å²) in [6, 6.07) is 4.21. The molecule has 4 nitrogen and oxygen atoms in total. The van der Waals surface area contributed by atoms with E-state index in [1.165, 1.54) is 18.2 Å². The number of Topliss-reactive ketones (excluding diaryl/α,β-unsaturated/α-hetero) is 1. The lowest BCUT2D eigenvalue weighted by Gasteiger charge is -2.14. The van der Waals surface area contributed by atoms with E-state index in [1.54, 1.807) is 18.9 Å². The van der Waals surface area contributed by atoms with Crippen molar-refractivity contribution in [2.24, 2.45) is 0 Å². The molecule has 18 heavy (non-hydrogen) atoms. The van der Waals surface area contributed by atoms with E-state index in [4.69, 9.17) is 5.11 Å². The number of hydrogen-bond donors (Lipinski definition) is 1. The molecule has 0 aliphatic carbocycles. The quantitative estimate of drug-likeness (QED) is 0.784. The van der Waals surface area contributed by atoms with Gasteiger partial charge in [0.25, 0.3) is 0 Å². The van der Waals surface area contributed by atoms with Crippen LogP contribution >= 0.6 is 0 Å². The number of carboxylic acid groups (broad SMARTS) is 1. The van der Waals surface area contributed by atoms with Crippen LogP contribution in [0.4, 0.5) is 4.39 Å².